The molecule has 0 radical (unpaired) electrons. The molecule has 2 N–H and O–H groups in total. The summed E-state index contributed by atoms with van der Waals surface area (Å²) in [4.78, 5) is 0. The fourth-order valence-electron chi connectivity index (χ4n) is 1.83. The van der Waals surface area contributed by atoms with Crippen molar-refractivity contribution in [2.45, 2.75) is 45.6 Å². The molecule has 2 heteroatoms. The van der Waals surface area contributed by atoms with Crippen LogP contribution in [0.4, 0.5) is 0 Å². The Hall–Kier alpha value is -1.02. The van der Waals surface area contributed by atoms with Crippen LogP contribution in [-0.4, -0.2) is 13.2 Å². The maximum Gasteiger partial charge on any atom is 0.119 e. The van der Waals surface area contributed by atoms with Gasteiger partial charge in [0.05, 0.1) is 7.11 Å². The minimum Gasteiger partial charge on any atom is -0.497 e. The van der Waals surface area contributed by atoms with Crippen molar-refractivity contribution < 1.29 is 4.74 Å². The molecule has 0 saturated carbocycles. The first-order chi connectivity index (χ1) is 7.67. The molecule has 16 heavy (non-hydrogen) atoms. The number of hydrogen-bond donors (Lipinski definition) is 1. The molecule has 0 aliphatic rings. The molecular formula is C14H23NO. The molecule has 1 aromatic rings. The van der Waals surface area contributed by atoms with Gasteiger partial charge in [-0.05, 0) is 55.9 Å². The van der Waals surface area contributed by atoms with Gasteiger partial charge in [-0.25, -0.2) is 0 Å². The molecule has 90 valence electrons. The lowest BCUT2D eigenvalue weighted by molar-refractivity contribution is 0.414. The van der Waals surface area contributed by atoms with Crippen molar-refractivity contribution in [1.29, 1.82) is 0 Å². The fraction of sp³-hybridized carbons (Fsp3) is 0.571. The topological polar surface area (TPSA) is 35.2 Å². The molecule has 1 unspecified atom stereocenters. The van der Waals surface area contributed by atoms with E-state index in [2.05, 4.69) is 26.0 Å². The lowest BCUT2D eigenvalue weighted by Gasteiger charge is -2.10. The van der Waals surface area contributed by atoms with E-state index in [0.29, 0.717) is 6.04 Å². The third kappa shape index (κ3) is 3.86. The second kappa shape index (κ2) is 6.54. The van der Waals surface area contributed by atoms with Crippen molar-refractivity contribution in [1.82, 2.24) is 0 Å². The van der Waals surface area contributed by atoms with Crippen molar-refractivity contribution >= 4 is 0 Å². The molecule has 0 bridgehead atoms. The summed E-state index contributed by atoms with van der Waals surface area (Å²) in [5, 5.41) is 0. The van der Waals surface area contributed by atoms with E-state index >= 15 is 0 Å². The first kappa shape index (κ1) is 13.0. The Balaban J connectivity index is 2.48. The van der Waals surface area contributed by atoms with Crippen LogP contribution in [0, 0.1) is 6.92 Å². The molecular weight excluding hydrogens is 198 g/mol. The van der Waals surface area contributed by atoms with Crippen molar-refractivity contribution in [2.75, 3.05) is 7.11 Å². The van der Waals surface area contributed by atoms with E-state index in [1.165, 1.54) is 17.5 Å². The average molecular weight is 221 g/mol. The largest absolute Gasteiger partial charge is 0.497 e. The van der Waals surface area contributed by atoms with Crippen molar-refractivity contribution in [3.8, 4) is 5.75 Å². The van der Waals surface area contributed by atoms with Gasteiger partial charge in [-0.2, -0.15) is 0 Å². The summed E-state index contributed by atoms with van der Waals surface area (Å²) >= 11 is 0. The normalized spacial score (nSPS) is 12.5. The summed E-state index contributed by atoms with van der Waals surface area (Å²) in [6.07, 6.45) is 4.47. The number of aryl methyl sites for hydroxylation is 2. The van der Waals surface area contributed by atoms with Gasteiger partial charge < -0.3 is 10.5 Å². The second-order valence-corrected chi connectivity index (χ2v) is 4.35. The Labute approximate surface area is 98.8 Å². The van der Waals surface area contributed by atoms with Gasteiger partial charge in [0, 0.05) is 6.04 Å². The lowest BCUT2D eigenvalue weighted by Crippen LogP contribution is -2.18. The zero-order valence-electron chi connectivity index (χ0n) is 10.6. The third-order valence-electron chi connectivity index (χ3n) is 3.10. The summed E-state index contributed by atoms with van der Waals surface area (Å²) in [6, 6.07) is 6.64. The van der Waals surface area contributed by atoms with E-state index in [1.54, 1.807) is 7.11 Å². The summed E-state index contributed by atoms with van der Waals surface area (Å²) in [5.74, 6) is 0.937. The van der Waals surface area contributed by atoms with Crippen LogP contribution in [0.5, 0.6) is 5.75 Å². The molecule has 2 nitrogen and oxygen atoms in total. The molecule has 0 aliphatic heterocycles. The summed E-state index contributed by atoms with van der Waals surface area (Å²) in [6.45, 7) is 4.28. The summed E-state index contributed by atoms with van der Waals surface area (Å²) in [5.41, 5.74) is 8.62. The van der Waals surface area contributed by atoms with Gasteiger partial charge in [0.15, 0.2) is 0 Å². The van der Waals surface area contributed by atoms with Crippen LogP contribution in [0.2, 0.25) is 0 Å². The third-order valence-corrected chi connectivity index (χ3v) is 3.10. The predicted molar refractivity (Wildman–Crippen MR) is 68.9 cm³/mol. The average Bonchev–Trinajstić information content (AvgIpc) is 2.30. The Bertz CT molecular complexity index is 323. The van der Waals surface area contributed by atoms with Gasteiger partial charge in [-0.15, -0.1) is 0 Å². The second-order valence-electron chi connectivity index (χ2n) is 4.35. The molecule has 0 amide bonds. The molecule has 1 atom stereocenters. The molecule has 0 heterocycles. The highest BCUT2D eigenvalue weighted by molar-refractivity contribution is 5.34. The van der Waals surface area contributed by atoms with Crippen LogP contribution < -0.4 is 10.5 Å². The van der Waals surface area contributed by atoms with Gasteiger partial charge in [0.2, 0.25) is 0 Å². The highest BCUT2D eigenvalue weighted by atomic mass is 16.5. The molecule has 0 fully saturated rings. The van der Waals surface area contributed by atoms with Crippen LogP contribution in [0.25, 0.3) is 0 Å². The summed E-state index contributed by atoms with van der Waals surface area (Å²) in [7, 11) is 1.70. The van der Waals surface area contributed by atoms with Crippen molar-refractivity contribution in [3.05, 3.63) is 29.3 Å². The van der Waals surface area contributed by atoms with Crippen molar-refractivity contribution in [3.63, 3.8) is 0 Å². The first-order valence-corrected chi connectivity index (χ1v) is 6.06. The molecule has 0 spiro atoms. The number of hydrogen-bond acceptors (Lipinski definition) is 2. The standard InChI is InChI=1S/C14H23NO/c1-4-13(15)7-5-6-12-8-9-14(16-3)10-11(12)2/h8-10,13H,4-7,15H2,1-3H3. The van der Waals surface area contributed by atoms with Crippen LogP contribution in [0.15, 0.2) is 18.2 Å². The van der Waals surface area contributed by atoms with Gasteiger partial charge >= 0.3 is 0 Å². The van der Waals surface area contributed by atoms with Crippen LogP contribution >= 0.6 is 0 Å². The molecule has 0 aromatic heterocycles. The van der Waals surface area contributed by atoms with E-state index in [1.807, 2.05) is 6.07 Å². The Morgan fingerprint density at radius 3 is 2.69 bits per heavy atom. The number of ether oxygens (including phenoxy) is 1. The quantitative estimate of drug-likeness (QED) is 0.801. The minimum atomic E-state index is 0.360. The van der Waals surface area contributed by atoms with E-state index < -0.39 is 0 Å². The van der Waals surface area contributed by atoms with Crippen LogP contribution in [0.1, 0.15) is 37.3 Å². The summed E-state index contributed by atoms with van der Waals surface area (Å²) < 4.78 is 5.19. The SMILES string of the molecule is CCC(N)CCCc1ccc(OC)cc1C. The van der Waals surface area contributed by atoms with Gasteiger partial charge in [0.25, 0.3) is 0 Å². The van der Waals surface area contributed by atoms with E-state index in [9.17, 15) is 0 Å². The first-order valence-electron chi connectivity index (χ1n) is 6.06. The van der Waals surface area contributed by atoms with Crippen LogP contribution in [0.3, 0.4) is 0 Å². The highest BCUT2D eigenvalue weighted by Gasteiger charge is 2.03. The molecule has 0 aliphatic carbocycles. The minimum absolute atomic E-state index is 0.360. The number of rotatable bonds is 6. The Kier molecular flexibility index (Phi) is 5.33. The van der Waals surface area contributed by atoms with Crippen LogP contribution in [-0.2, 0) is 6.42 Å². The number of benzene rings is 1. The molecule has 1 aromatic carbocycles. The maximum atomic E-state index is 5.90. The number of nitrogens with two attached hydrogens (primary N) is 1. The highest BCUT2D eigenvalue weighted by Crippen LogP contribution is 2.18. The van der Waals surface area contributed by atoms with E-state index in [4.69, 9.17) is 10.5 Å². The maximum absolute atomic E-state index is 5.90. The monoisotopic (exact) mass is 221 g/mol. The fourth-order valence-corrected chi connectivity index (χ4v) is 1.83. The molecule has 1 rings (SSSR count). The van der Waals surface area contributed by atoms with Gasteiger partial charge in [-0.3, -0.25) is 0 Å². The van der Waals surface area contributed by atoms with Crippen molar-refractivity contribution in [2.24, 2.45) is 5.73 Å². The number of methoxy groups -OCH3 is 1. The Morgan fingerprint density at radius 2 is 2.12 bits per heavy atom. The van der Waals surface area contributed by atoms with Gasteiger partial charge in [0.1, 0.15) is 5.75 Å². The predicted octanol–water partition coefficient (Wildman–Crippen LogP) is 3.06. The molecule has 0 saturated heterocycles. The van der Waals surface area contributed by atoms with E-state index in [-0.39, 0.29) is 0 Å². The smallest absolute Gasteiger partial charge is 0.119 e. The lowest BCUT2D eigenvalue weighted by atomic mass is 10.0. The zero-order valence-corrected chi connectivity index (χ0v) is 10.6. The van der Waals surface area contributed by atoms with Gasteiger partial charge in [-0.1, -0.05) is 13.0 Å². The van der Waals surface area contributed by atoms with E-state index in [0.717, 1.165) is 25.0 Å². The Morgan fingerprint density at radius 1 is 1.38 bits per heavy atom. The zero-order chi connectivity index (χ0) is 12.0.